The van der Waals surface area contributed by atoms with Crippen molar-refractivity contribution in [2.75, 3.05) is 23.3 Å². The van der Waals surface area contributed by atoms with E-state index in [-0.39, 0.29) is 11.7 Å². The van der Waals surface area contributed by atoms with E-state index in [4.69, 9.17) is 0 Å². The highest BCUT2D eigenvalue weighted by atomic mass is 79.9. The van der Waals surface area contributed by atoms with Gasteiger partial charge in [0, 0.05) is 24.5 Å². The number of hydrogen-bond donors (Lipinski definition) is 1. The van der Waals surface area contributed by atoms with Gasteiger partial charge in [-0.1, -0.05) is 34.1 Å². The summed E-state index contributed by atoms with van der Waals surface area (Å²) in [7, 11) is 0. The van der Waals surface area contributed by atoms with Gasteiger partial charge in [-0.05, 0) is 56.2 Å². The van der Waals surface area contributed by atoms with Gasteiger partial charge >= 0.3 is 0 Å². The lowest BCUT2D eigenvalue weighted by atomic mass is 10.1. The lowest BCUT2D eigenvalue weighted by Crippen LogP contribution is -2.25. The Morgan fingerprint density at radius 1 is 1.12 bits per heavy atom. The van der Waals surface area contributed by atoms with Crippen LogP contribution in [0.1, 0.15) is 19.4 Å². The van der Waals surface area contributed by atoms with Crippen molar-refractivity contribution < 1.29 is 9.18 Å². The summed E-state index contributed by atoms with van der Waals surface area (Å²) in [6.07, 6.45) is 0.302. The smallest absolute Gasteiger partial charge is 0.238 e. The van der Waals surface area contributed by atoms with Crippen LogP contribution in [-0.4, -0.2) is 23.8 Å². The molecule has 0 heterocycles. The van der Waals surface area contributed by atoms with Gasteiger partial charge in [0.25, 0.3) is 0 Å². The summed E-state index contributed by atoms with van der Waals surface area (Å²) in [6, 6.07) is 14.2. The second-order valence-electron chi connectivity index (χ2n) is 5.47. The summed E-state index contributed by atoms with van der Waals surface area (Å²) in [5.41, 5.74) is 2.38. The number of hydrogen-bond acceptors (Lipinski definition) is 2. The summed E-state index contributed by atoms with van der Waals surface area (Å²) >= 11 is 3.34. The number of benzene rings is 2. The standard InChI is InChI=1S/C19H22BrFN2O/c1-3-23(4-2)16-11-9-15(10-12-16)22-19(24)17(20)13-14-7-5-6-8-18(14)21/h5-12,17H,3-4,13H2,1-2H3,(H,22,24). The van der Waals surface area contributed by atoms with E-state index in [1.54, 1.807) is 18.2 Å². The third kappa shape index (κ3) is 4.81. The molecule has 24 heavy (non-hydrogen) atoms. The number of carbonyl (C=O) groups excluding carboxylic acids is 1. The predicted molar refractivity (Wildman–Crippen MR) is 101 cm³/mol. The Morgan fingerprint density at radius 2 is 1.75 bits per heavy atom. The van der Waals surface area contributed by atoms with Gasteiger partial charge in [-0.15, -0.1) is 0 Å². The molecule has 0 bridgehead atoms. The zero-order valence-electron chi connectivity index (χ0n) is 13.9. The maximum atomic E-state index is 13.7. The third-order valence-electron chi connectivity index (χ3n) is 3.90. The van der Waals surface area contributed by atoms with E-state index in [9.17, 15) is 9.18 Å². The van der Waals surface area contributed by atoms with E-state index in [1.807, 2.05) is 24.3 Å². The van der Waals surface area contributed by atoms with Crippen molar-refractivity contribution in [3.05, 3.63) is 59.9 Å². The molecule has 0 aliphatic heterocycles. The van der Waals surface area contributed by atoms with Gasteiger partial charge in [-0.3, -0.25) is 4.79 Å². The number of alkyl halides is 1. The number of carbonyl (C=O) groups is 1. The van der Waals surface area contributed by atoms with Crippen LogP contribution in [0.2, 0.25) is 0 Å². The second kappa shape index (κ2) is 8.83. The van der Waals surface area contributed by atoms with E-state index in [2.05, 4.69) is 40.0 Å². The predicted octanol–water partition coefficient (Wildman–Crippen LogP) is 4.62. The van der Waals surface area contributed by atoms with Gasteiger partial charge in [0.2, 0.25) is 5.91 Å². The van der Waals surface area contributed by atoms with Gasteiger partial charge in [0.15, 0.2) is 0 Å². The molecule has 5 heteroatoms. The maximum Gasteiger partial charge on any atom is 0.238 e. The summed E-state index contributed by atoms with van der Waals surface area (Å²) < 4.78 is 13.7. The van der Waals surface area contributed by atoms with Gasteiger partial charge in [-0.25, -0.2) is 4.39 Å². The Hall–Kier alpha value is -1.88. The topological polar surface area (TPSA) is 32.3 Å². The zero-order chi connectivity index (χ0) is 17.5. The van der Waals surface area contributed by atoms with Crippen molar-refractivity contribution in [1.82, 2.24) is 0 Å². The Kier molecular flexibility index (Phi) is 6.79. The molecule has 0 fully saturated rings. The van der Waals surface area contributed by atoms with E-state index in [0.29, 0.717) is 12.0 Å². The van der Waals surface area contributed by atoms with Crippen LogP contribution in [0, 0.1) is 5.82 Å². The highest BCUT2D eigenvalue weighted by molar-refractivity contribution is 9.10. The monoisotopic (exact) mass is 392 g/mol. The zero-order valence-corrected chi connectivity index (χ0v) is 15.5. The third-order valence-corrected chi connectivity index (χ3v) is 4.64. The SMILES string of the molecule is CCN(CC)c1ccc(NC(=O)C(Br)Cc2ccccc2F)cc1. The van der Waals surface area contributed by atoms with Gasteiger partial charge in [0.05, 0.1) is 4.83 Å². The normalized spacial score (nSPS) is 11.8. The number of amides is 1. The van der Waals surface area contributed by atoms with Crippen LogP contribution in [0.25, 0.3) is 0 Å². The summed E-state index contributed by atoms with van der Waals surface area (Å²) in [5, 5.41) is 2.86. The molecule has 1 amide bonds. The van der Waals surface area contributed by atoms with Crippen LogP contribution in [-0.2, 0) is 11.2 Å². The molecule has 0 aromatic heterocycles. The van der Waals surface area contributed by atoms with E-state index in [1.165, 1.54) is 6.07 Å². The van der Waals surface area contributed by atoms with E-state index in [0.717, 1.165) is 24.5 Å². The summed E-state index contributed by atoms with van der Waals surface area (Å²) in [6.45, 7) is 6.09. The Labute approximate surface area is 151 Å². The van der Waals surface area contributed by atoms with E-state index >= 15 is 0 Å². The number of halogens is 2. The highest BCUT2D eigenvalue weighted by Crippen LogP contribution is 2.19. The molecule has 1 unspecified atom stereocenters. The fourth-order valence-corrected chi connectivity index (χ4v) is 2.98. The lowest BCUT2D eigenvalue weighted by Gasteiger charge is -2.21. The molecular weight excluding hydrogens is 371 g/mol. The second-order valence-corrected chi connectivity index (χ2v) is 6.58. The molecule has 128 valence electrons. The van der Waals surface area contributed by atoms with Crippen LogP contribution < -0.4 is 10.2 Å². The molecule has 1 N–H and O–H groups in total. The highest BCUT2D eigenvalue weighted by Gasteiger charge is 2.17. The van der Waals surface area contributed by atoms with Crippen molar-refractivity contribution in [3.63, 3.8) is 0 Å². The first kappa shape index (κ1) is 18.5. The number of anilines is 2. The first-order valence-electron chi connectivity index (χ1n) is 8.08. The fraction of sp³-hybridized carbons (Fsp3) is 0.316. The first-order valence-corrected chi connectivity index (χ1v) is 9.00. The van der Waals surface area contributed by atoms with Crippen LogP contribution >= 0.6 is 15.9 Å². The van der Waals surface area contributed by atoms with Crippen molar-refractivity contribution >= 4 is 33.2 Å². The molecule has 0 saturated carbocycles. The molecule has 0 aliphatic rings. The van der Waals surface area contributed by atoms with E-state index < -0.39 is 4.83 Å². The van der Waals surface area contributed by atoms with Gasteiger partial charge in [0.1, 0.15) is 5.82 Å². The molecule has 0 spiro atoms. The number of nitrogens with zero attached hydrogens (tertiary/aromatic N) is 1. The molecule has 0 saturated heterocycles. The minimum atomic E-state index is -0.489. The quantitative estimate of drug-likeness (QED) is 0.697. The fourth-order valence-electron chi connectivity index (χ4n) is 2.51. The molecular formula is C19H22BrFN2O. The first-order chi connectivity index (χ1) is 11.5. The molecule has 2 aromatic rings. The lowest BCUT2D eigenvalue weighted by molar-refractivity contribution is -0.115. The van der Waals surface area contributed by atoms with Crippen molar-refractivity contribution in [1.29, 1.82) is 0 Å². The Morgan fingerprint density at radius 3 is 2.33 bits per heavy atom. The molecule has 0 radical (unpaired) electrons. The summed E-state index contributed by atoms with van der Waals surface area (Å²) in [4.78, 5) is 14.0. The summed E-state index contributed by atoms with van der Waals surface area (Å²) in [5.74, 6) is -0.479. The Bertz CT molecular complexity index is 671. The molecule has 0 aliphatic carbocycles. The minimum Gasteiger partial charge on any atom is -0.372 e. The average molecular weight is 393 g/mol. The molecule has 2 aromatic carbocycles. The molecule has 3 nitrogen and oxygen atoms in total. The largest absolute Gasteiger partial charge is 0.372 e. The van der Waals surface area contributed by atoms with Crippen LogP contribution in [0.15, 0.2) is 48.5 Å². The van der Waals surface area contributed by atoms with Crippen molar-refractivity contribution in [2.45, 2.75) is 25.1 Å². The van der Waals surface area contributed by atoms with Crippen LogP contribution in [0.5, 0.6) is 0 Å². The maximum absolute atomic E-state index is 13.7. The van der Waals surface area contributed by atoms with Gasteiger partial charge < -0.3 is 10.2 Å². The molecule has 1 atom stereocenters. The average Bonchev–Trinajstić information content (AvgIpc) is 2.59. The van der Waals surface area contributed by atoms with Gasteiger partial charge in [-0.2, -0.15) is 0 Å². The van der Waals surface area contributed by atoms with Crippen LogP contribution in [0.3, 0.4) is 0 Å². The minimum absolute atomic E-state index is 0.186. The Balaban J connectivity index is 1.97. The molecule has 2 rings (SSSR count). The van der Waals surface area contributed by atoms with Crippen LogP contribution in [0.4, 0.5) is 15.8 Å². The van der Waals surface area contributed by atoms with Crippen molar-refractivity contribution in [2.24, 2.45) is 0 Å². The van der Waals surface area contributed by atoms with Crippen molar-refractivity contribution in [3.8, 4) is 0 Å². The number of nitrogens with one attached hydrogen (secondary N) is 1. The number of rotatable bonds is 7.